The highest BCUT2D eigenvalue weighted by atomic mass is 35.5. The Kier molecular flexibility index (Phi) is 3.72. The minimum atomic E-state index is -0.466. The van der Waals surface area contributed by atoms with Crippen molar-refractivity contribution in [2.24, 2.45) is 12.9 Å². The first-order valence-corrected chi connectivity index (χ1v) is 5.00. The van der Waals surface area contributed by atoms with E-state index >= 15 is 0 Å². The van der Waals surface area contributed by atoms with Gasteiger partial charge < -0.3 is 4.74 Å². The van der Waals surface area contributed by atoms with E-state index in [1.165, 1.54) is 0 Å². The molecule has 0 saturated carbocycles. The molecular formula is C9H17ClN4O. The summed E-state index contributed by atoms with van der Waals surface area (Å²) in [5.41, 5.74) is 3.05. The third-order valence-corrected chi connectivity index (χ3v) is 2.89. The monoisotopic (exact) mass is 232 g/mol. The third kappa shape index (κ3) is 2.31. The minimum absolute atomic E-state index is 0.220. The topological polar surface area (TPSA) is 65.1 Å². The van der Waals surface area contributed by atoms with Crippen molar-refractivity contribution in [2.45, 2.75) is 25.5 Å². The number of methoxy groups -OCH3 is 1. The largest absolute Gasteiger partial charge is 0.377 e. The number of halogens is 1. The quantitative estimate of drug-likeness (QED) is 0.601. The molecule has 1 heterocycles. The first kappa shape index (κ1) is 12.4. The smallest absolute Gasteiger partial charge is 0.0927 e. The zero-order chi connectivity index (χ0) is 11.6. The molecule has 0 radical (unpaired) electrons. The standard InChI is InChI=1S/C9H17ClN4O/c1-9(2,15-4)8(13-11)7-6(10)5-12-14(7)3/h5,8,13H,11H2,1-4H3. The van der Waals surface area contributed by atoms with Crippen LogP contribution in [0.25, 0.3) is 0 Å². The van der Waals surface area contributed by atoms with E-state index in [1.54, 1.807) is 18.0 Å². The van der Waals surface area contributed by atoms with Crippen molar-refractivity contribution >= 4 is 11.6 Å². The molecule has 0 aliphatic heterocycles. The Hall–Kier alpha value is -0.620. The second kappa shape index (κ2) is 4.49. The molecule has 6 heteroatoms. The van der Waals surface area contributed by atoms with Crippen LogP contribution in [-0.4, -0.2) is 22.5 Å². The molecule has 0 aliphatic rings. The summed E-state index contributed by atoms with van der Waals surface area (Å²) in [5, 5.41) is 4.64. The Bertz CT molecular complexity index is 317. The first-order valence-electron chi connectivity index (χ1n) is 4.62. The summed E-state index contributed by atoms with van der Waals surface area (Å²) < 4.78 is 7.07. The fourth-order valence-electron chi connectivity index (χ4n) is 1.47. The van der Waals surface area contributed by atoms with Gasteiger partial charge in [0.2, 0.25) is 0 Å². The fourth-order valence-corrected chi connectivity index (χ4v) is 1.75. The van der Waals surface area contributed by atoms with Crippen molar-refractivity contribution in [3.63, 3.8) is 0 Å². The number of hydrogen-bond donors (Lipinski definition) is 2. The molecule has 86 valence electrons. The van der Waals surface area contributed by atoms with Crippen LogP contribution in [0.3, 0.4) is 0 Å². The summed E-state index contributed by atoms with van der Waals surface area (Å²) in [7, 11) is 3.45. The SMILES string of the molecule is COC(C)(C)C(NN)c1c(Cl)cnn1C. The van der Waals surface area contributed by atoms with Crippen LogP contribution >= 0.6 is 11.6 Å². The first-order chi connectivity index (χ1) is 6.94. The molecule has 1 unspecified atom stereocenters. The van der Waals surface area contributed by atoms with Crippen molar-refractivity contribution < 1.29 is 4.74 Å². The van der Waals surface area contributed by atoms with Gasteiger partial charge in [0.15, 0.2) is 0 Å². The van der Waals surface area contributed by atoms with Gasteiger partial charge in [-0.3, -0.25) is 10.5 Å². The van der Waals surface area contributed by atoms with E-state index in [2.05, 4.69) is 10.5 Å². The zero-order valence-electron chi connectivity index (χ0n) is 9.41. The van der Waals surface area contributed by atoms with Crippen molar-refractivity contribution in [3.05, 3.63) is 16.9 Å². The van der Waals surface area contributed by atoms with Crippen LogP contribution in [-0.2, 0) is 11.8 Å². The summed E-state index contributed by atoms with van der Waals surface area (Å²) >= 11 is 6.05. The Morgan fingerprint density at radius 2 is 2.27 bits per heavy atom. The molecule has 0 bridgehead atoms. The van der Waals surface area contributed by atoms with Crippen LogP contribution in [0.1, 0.15) is 25.6 Å². The Morgan fingerprint density at radius 1 is 1.67 bits per heavy atom. The Balaban J connectivity index is 3.13. The maximum Gasteiger partial charge on any atom is 0.0927 e. The van der Waals surface area contributed by atoms with E-state index in [0.29, 0.717) is 5.02 Å². The second-order valence-electron chi connectivity index (χ2n) is 3.91. The van der Waals surface area contributed by atoms with Crippen LogP contribution in [0, 0.1) is 0 Å². The van der Waals surface area contributed by atoms with Gasteiger partial charge in [0.1, 0.15) is 0 Å². The molecule has 0 saturated heterocycles. The fraction of sp³-hybridized carbons (Fsp3) is 0.667. The lowest BCUT2D eigenvalue weighted by atomic mass is 9.96. The van der Waals surface area contributed by atoms with E-state index < -0.39 is 5.60 Å². The van der Waals surface area contributed by atoms with Crippen LogP contribution in [0.15, 0.2) is 6.20 Å². The number of aromatic nitrogens is 2. The Labute approximate surface area is 94.5 Å². The number of aryl methyl sites for hydroxylation is 1. The van der Waals surface area contributed by atoms with Crippen LogP contribution < -0.4 is 11.3 Å². The number of rotatable bonds is 4. The lowest BCUT2D eigenvalue weighted by Gasteiger charge is -2.32. The van der Waals surface area contributed by atoms with Gasteiger partial charge in [0.05, 0.1) is 28.6 Å². The highest BCUT2D eigenvalue weighted by molar-refractivity contribution is 6.31. The third-order valence-electron chi connectivity index (χ3n) is 2.60. The number of nitrogens with two attached hydrogens (primary N) is 1. The highest BCUT2D eigenvalue weighted by Gasteiger charge is 2.33. The molecule has 0 fully saturated rings. The highest BCUT2D eigenvalue weighted by Crippen LogP contribution is 2.31. The predicted octanol–water partition coefficient (Wildman–Crippen LogP) is 1.00. The molecule has 15 heavy (non-hydrogen) atoms. The van der Waals surface area contributed by atoms with Crippen molar-refractivity contribution in [1.82, 2.24) is 15.2 Å². The normalized spacial score (nSPS) is 14.3. The van der Waals surface area contributed by atoms with Gasteiger partial charge in [0, 0.05) is 14.2 Å². The summed E-state index contributed by atoms with van der Waals surface area (Å²) in [6, 6.07) is -0.220. The number of hydrazine groups is 1. The summed E-state index contributed by atoms with van der Waals surface area (Å²) in [6.07, 6.45) is 1.59. The summed E-state index contributed by atoms with van der Waals surface area (Å²) in [6.45, 7) is 3.86. The maximum atomic E-state index is 6.05. The van der Waals surface area contributed by atoms with Crippen LogP contribution in [0.4, 0.5) is 0 Å². The van der Waals surface area contributed by atoms with Gasteiger partial charge in [0.25, 0.3) is 0 Å². The van der Waals surface area contributed by atoms with Gasteiger partial charge >= 0.3 is 0 Å². The van der Waals surface area contributed by atoms with E-state index in [1.807, 2.05) is 20.9 Å². The van der Waals surface area contributed by atoms with E-state index in [4.69, 9.17) is 22.2 Å². The van der Waals surface area contributed by atoms with Gasteiger partial charge in [-0.15, -0.1) is 0 Å². The maximum absolute atomic E-state index is 6.05. The molecule has 1 atom stereocenters. The molecule has 0 amide bonds. The van der Waals surface area contributed by atoms with Crippen LogP contribution in [0.2, 0.25) is 5.02 Å². The molecule has 0 spiro atoms. The number of hydrogen-bond acceptors (Lipinski definition) is 4. The van der Waals surface area contributed by atoms with Crippen molar-refractivity contribution in [2.75, 3.05) is 7.11 Å². The zero-order valence-corrected chi connectivity index (χ0v) is 10.2. The number of nitrogens with zero attached hydrogens (tertiary/aromatic N) is 2. The lowest BCUT2D eigenvalue weighted by molar-refractivity contribution is -0.0133. The van der Waals surface area contributed by atoms with Gasteiger partial charge in [-0.05, 0) is 13.8 Å². The number of ether oxygens (including phenoxy) is 1. The molecule has 1 aromatic rings. The molecule has 0 aliphatic carbocycles. The summed E-state index contributed by atoms with van der Waals surface area (Å²) in [5.74, 6) is 5.53. The van der Waals surface area contributed by atoms with Crippen molar-refractivity contribution in [1.29, 1.82) is 0 Å². The Morgan fingerprint density at radius 3 is 2.60 bits per heavy atom. The lowest BCUT2D eigenvalue weighted by Crippen LogP contribution is -2.45. The minimum Gasteiger partial charge on any atom is -0.377 e. The van der Waals surface area contributed by atoms with Gasteiger partial charge in [-0.1, -0.05) is 11.6 Å². The number of nitrogens with one attached hydrogen (secondary N) is 1. The van der Waals surface area contributed by atoms with Crippen LogP contribution in [0.5, 0.6) is 0 Å². The van der Waals surface area contributed by atoms with Crippen molar-refractivity contribution in [3.8, 4) is 0 Å². The van der Waals surface area contributed by atoms with E-state index in [-0.39, 0.29) is 6.04 Å². The van der Waals surface area contributed by atoms with E-state index in [9.17, 15) is 0 Å². The average molecular weight is 233 g/mol. The molecule has 1 aromatic heterocycles. The predicted molar refractivity (Wildman–Crippen MR) is 59.4 cm³/mol. The molecule has 3 N–H and O–H groups in total. The second-order valence-corrected chi connectivity index (χ2v) is 4.32. The van der Waals surface area contributed by atoms with Gasteiger partial charge in [-0.2, -0.15) is 5.10 Å². The van der Waals surface area contributed by atoms with Gasteiger partial charge in [-0.25, -0.2) is 5.43 Å². The summed E-state index contributed by atoms with van der Waals surface area (Å²) in [4.78, 5) is 0. The van der Waals surface area contributed by atoms with E-state index in [0.717, 1.165) is 5.69 Å². The molecular weight excluding hydrogens is 216 g/mol. The molecule has 5 nitrogen and oxygen atoms in total. The molecule has 0 aromatic carbocycles. The average Bonchev–Trinajstić information content (AvgIpc) is 2.50. The molecule has 1 rings (SSSR count).